The van der Waals surface area contributed by atoms with Crippen LogP contribution in [0, 0.1) is 0 Å². The fourth-order valence-corrected chi connectivity index (χ4v) is 8.21. The van der Waals surface area contributed by atoms with Gasteiger partial charge in [0.15, 0.2) is 0 Å². The van der Waals surface area contributed by atoms with E-state index in [0.717, 1.165) is 17.1 Å². The van der Waals surface area contributed by atoms with Crippen molar-refractivity contribution in [3.63, 3.8) is 0 Å². The van der Waals surface area contributed by atoms with Gasteiger partial charge in [-0.3, -0.25) is 0 Å². The van der Waals surface area contributed by atoms with Crippen LogP contribution in [-0.2, 0) is 0 Å². The molecule has 0 bridgehead atoms. The summed E-state index contributed by atoms with van der Waals surface area (Å²) in [6, 6.07) is 85.6. The van der Waals surface area contributed by atoms with Crippen LogP contribution < -0.4 is 4.90 Å². The van der Waals surface area contributed by atoms with Gasteiger partial charge in [-0.2, -0.15) is 0 Å². The molecule has 0 aliphatic carbocycles. The first kappa shape index (κ1) is 34.0. The molecule has 0 atom stereocenters. The molecule has 57 heavy (non-hydrogen) atoms. The van der Waals surface area contributed by atoms with E-state index >= 15 is 0 Å². The normalized spacial score (nSPS) is 11.2. The van der Waals surface area contributed by atoms with Crippen molar-refractivity contribution in [3.8, 4) is 55.6 Å². The Hall–Kier alpha value is -7.48. The molecule has 0 heterocycles. The molecule has 10 aromatic carbocycles. The van der Waals surface area contributed by atoms with E-state index in [-0.39, 0.29) is 0 Å². The van der Waals surface area contributed by atoms with E-state index < -0.39 is 0 Å². The highest BCUT2D eigenvalue weighted by Crippen LogP contribution is 2.45. The number of benzene rings is 10. The van der Waals surface area contributed by atoms with Crippen molar-refractivity contribution in [3.05, 3.63) is 237 Å². The lowest BCUT2D eigenvalue weighted by Gasteiger charge is -2.29. The van der Waals surface area contributed by atoms with Gasteiger partial charge in [0.25, 0.3) is 0 Å². The number of rotatable bonds is 8. The Balaban J connectivity index is 1.10. The lowest BCUT2D eigenvalue weighted by molar-refractivity contribution is 1.28. The molecule has 0 saturated heterocycles. The average molecular weight is 726 g/mol. The lowest BCUT2D eigenvalue weighted by atomic mass is 9.90. The summed E-state index contributed by atoms with van der Waals surface area (Å²) in [7, 11) is 0. The van der Waals surface area contributed by atoms with E-state index in [0.29, 0.717) is 0 Å². The minimum Gasteiger partial charge on any atom is -0.310 e. The SMILES string of the molecule is c1ccc(-c2ccc(-c3ccc(N(c4ccc(-c5ccc6ccccc6c5)cc4)c4ccccc4-c4cccc5cccc(-c6ccccc6)c45)cc3)cc2)cc1. The Kier molecular flexibility index (Phi) is 8.95. The van der Waals surface area contributed by atoms with Crippen molar-refractivity contribution in [2.75, 3.05) is 4.90 Å². The van der Waals surface area contributed by atoms with Gasteiger partial charge in [-0.25, -0.2) is 0 Å². The zero-order valence-corrected chi connectivity index (χ0v) is 31.5. The Labute approximate surface area is 334 Å². The van der Waals surface area contributed by atoms with Gasteiger partial charge in [-0.05, 0) is 108 Å². The zero-order valence-electron chi connectivity index (χ0n) is 31.5. The molecule has 1 nitrogen and oxygen atoms in total. The van der Waals surface area contributed by atoms with Crippen LogP contribution in [-0.4, -0.2) is 0 Å². The molecule has 0 unspecified atom stereocenters. The molecular weight excluding hydrogens is 687 g/mol. The molecule has 1 heteroatoms. The second kappa shape index (κ2) is 15.0. The van der Waals surface area contributed by atoms with Gasteiger partial charge < -0.3 is 4.90 Å². The summed E-state index contributed by atoms with van der Waals surface area (Å²) < 4.78 is 0. The quantitative estimate of drug-likeness (QED) is 0.151. The maximum Gasteiger partial charge on any atom is 0.0540 e. The van der Waals surface area contributed by atoms with E-state index in [2.05, 4.69) is 241 Å². The molecule has 0 N–H and O–H groups in total. The first-order valence-electron chi connectivity index (χ1n) is 19.6. The first-order valence-corrected chi connectivity index (χ1v) is 19.6. The number of fused-ring (bicyclic) bond motifs is 2. The Bertz CT molecular complexity index is 2960. The highest BCUT2D eigenvalue weighted by atomic mass is 15.1. The van der Waals surface area contributed by atoms with Crippen LogP contribution in [0.2, 0.25) is 0 Å². The van der Waals surface area contributed by atoms with Gasteiger partial charge >= 0.3 is 0 Å². The topological polar surface area (TPSA) is 3.24 Å². The molecule has 10 aromatic rings. The van der Waals surface area contributed by atoms with Crippen LogP contribution in [0.4, 0.5) is 17.1 Å². The third-order valence-corrected chi connectivity index (χ3v) is 11.1. The minimum absolute atomic E-state index is 1.09. The summed E-state index contributed by atoms with van der Waals surface area (Å²) in [6.07, 6.45) is 0. The molecule has 0 aliphatic heterocycles. The van der Waals surface area contributed by atoms with Crippen LogP contribution in [0.3, 0.4) is 0 Å². The smallest absolute Gasteiger partial charge is 0.0540 e. The largest absolute Gasteiger partial charge is 0.310 e. The fraction of sp³-hybridized carbons (Fsp3) is 0. The minimum atomic E-state index is 1.09. The second-order valence-corrected chi connectivity index (χ2v) is 14.5. The highest BCUT2D eigenvalue weighted by molar-refractivity contribution is 6.08. The van der Waals surface area contributed by atoms with E-state index in [1.54, 1.807) is 0 Å². The number of hydrogen-bond donors (Lipinski definition) is 0. The Morgan fingerprint density at radius 3 is 1.28 bits per heavy atom. The summed E-state index contributed by atoms with van der Waals surface area (Å²) >= 11 is 0. The predicted octanol–water partition coefficient (Wildman–Crippen LogP) is 15.8. The second-order valence-electron chi connectivity index (χ2n) is 14.5. The molecule has 0 aromatic heterocycles. The fourth-order valence-electron chi connectivity index (χ4n) is 8.21. The molecule has 0 amide bonds. The van der Waals surface area contributed by atoms with Crippen LogP contribution >= 0.6 is 0 Å². The highest BCUT2D eigenvalue weighted by Gasteiger charge is 2.20. The third kappa shape index (κ3) is 6.66. The van der Waals surface area contributed by atoms with Crippen molar-refractivity contribution >= 4 is 38.6 Å². The number of hydrogen-bond acceptors (Lipinski definition) is 1. The van der Waals surface area contributed by atoms with Gasteiger partial charge in [-0.15, -0.1) is 0 Å². The first-order chi connectivity index (χ1) is 28.3. The summed E-state index contributed by atoms with van der Waals surface area (Å²) in [6.45, 7) is 0. The molecule has 0 aliphatic rings. The molecular formula is C56H39N. The van der Waals surface area contributed by atoms with Gasteiger partial charge in [0, 0.05) is 16.9 Å². The van der Waals surface area contributed by atoms with Crippen LogP contribution in [0.25, 0.3) is 77.2 Å². The molecule has 268 valence electrons. The summed E-state index contributed by atoms with van der Waals surface area (Å²) in [5, 5.41) is 4.96. The number of anilines is 3. The summed E-state index contributed by atoms with van der Waals surface area (Å²) in [5.41, 5.74) is 15.3. The van der Waals surface area contributed by atoms with Gasteiger partial charge in [0.1, 0.15) is 0 Å². The van der Waals surface area contributed by atoms with Crippen molar-refractivity contribution in [2.45, 2.75) is 0 Å². The van der Waals surface area contributed by atoms with E-state index in [1.165, 1.54) is 77.2 Å². The standard InChI is InChI=1S/C56H39N/c1-3-13-40(14-4-1)42-25-27-43(28-26-42)44-31-35-50(36-32-44)57(51-37-33-45(34-38-51)49-30-29-41-15-7-8-18-48(41)39-49)55-24-10-9-21-53(55)54-23-12-20-47-19-11-22-52(56(47)54)46-16-5-2-6-17-46/h1-39H. The van der Waals surface area contributed by atoms with E-state index in [9.17, 15) is 0 Å². The Morgan fingerprint density at radius 2 is 0.649 bits per heavy atom. The Morgan fingerprint density at radius 1 is 0.228 bits per heavy atom. The van der Waals surface area contributed by atoms with Crippen molar-refractivity contribution in [1.82, 2.24) is 0 Å². The molecule has 0 radical (unpaired) electrons. The summed E-state index contributed by atoms with van der Waals surface area (Å²) in [5.74, 6) is 0. The summed E-state index contributed by atoms with van der Waals surface area (Å²) in [4.78, 5) is 2.41. The van der Waals surface area contributed by atoms with Crippen LogP contribution in [0.1, 0.15) is 0 Å². The van der Waals surface area contributed by atoms with Crippen molar-refractivity contribution < 1.29 is 0 Å². The maximum absolute atomic E-state index is 2.41. The number of nitrogens with zero attached hydrogens (tertiary/aromatic N) is 1. The van der Waals surface area contributed by atoms with Crippen LogP contribution in [0.5, 0.6) is 0 Å². The molecule has 0 fully saturated rings. The maximum atomic E-state index is 2.41. The van der Waals surface area contributed by atoms with Gasteiger partial charge in [-0.1, -0.05) is 200 Å². The predicted molar refractivity (Wildman–Crippen MR) is 243 cm³/mol. The van der Waals surface area contributed by atoms with E-state index in [4.69, 9.17) is 0 Å². The third-order valence-electron chi connectivity index (χ3n) is 11.1. The number of para-hydroxylation sites is 1. The monoisotopic (exact) mass is 725 g/mol. The zero-order chi connectivity index (χ0) is 38.0. The van der Waals surface area contributed by atoms with E-state index in [1.807, 2.05) is 0 Å². The molecule has 0 spiro atoms. The van der Waals surface area contributed by atoms with Crippen LogP contribution in [0.15, 0.2) is 237 Å². The molecule has 10 rings (SSSR count). The van der Waals surface area contributed by atoms with Gasteiger partial charge in [0.05, 0.1) is 5.69 Å². The van der Waals surface area contributed by atoms with Crippen molar-refractivity contribution in [1.29, 1.82) is 0 Å². The average Bonchev–Trinajstić information content (AvgIpc) is 3.30. The van der Waals surface area contributed by atoms with Crippen molar-refractivity contribution in [2.24, 2.45) is 0 Å². The molecule has 0 saturated carbocycles. The van der Waals surface area contributed by atoms with Gasteiger partial charge in [0.2, 0.25) is 0 Å². The lowest BCUT2D eigenvalue weighted by Crippen LogP contribution is -2.11.